The van der Waals surface area contributed by atoms with Crippen LogP contribution in [0, 0.1) is 11.8 Å². The van der Waals surface area contributed by atoms with Crippen LogP contribution in [0.3, 0.4) is 0 Å². The highest BCUT2D eigenvalue weighted by molar-refractivity contribution is 7.99. The van der Waals surface area contributed by atoms with Gasteiger partial charge in [0.25, 0.3) is 0 Å². The van der Waals surface area contributed by atoms with E-state index in [0.29, 0.717) is 29.7 Å². The van der Waals surface area contributed by atoms with E-state index in [4.69, 9.17) is 0 Å². The van der Waals surface area contributed by atoms with E-state index in [1.54, 1.807) is 12.4 Å². The minimum atomic E-state index is 0.0989. The number of thioether (sulfide) groups is 1. The first-order valence-corrected chi connectivity index (χ1v) is 10.9. The molecule has 1 amide bonds. The number of rotatable bonds is 6. The van der Waals surface area contributed by atoms with Crippen LogP contribution in [0.2, 0.25) is 0 Å². The highest BCUT2D eigenvalue weighted by Crippen LogP contribution is 2.41. The van der Waals surface area contributed by atoms with E-state index in [0.717, 1.165) is 35.8 Å². The molecule has 1 N–H and O–H groups in total. The molecule has 0 saturated heterocycles. The highest BCUT2D eigenvalue weighted by atomic mass is 32.2. The van der Waals surface area contributed by atoms with Crippen LogP contribution in [0.5, 0.6) is 0 Å². The molecule has 144 valence electrons. The third-order valence-electron chi connectivity index (χ3n) is 5.90. The quantitative estimate of drug-likeness (QED) is 0.768. The van der Waals surface area contributed by atoms with Crippen LogP contribution >= 0.6 is 11.8 Å². The fourth-order valence-electron chi connectivity index (χ4n) is 3.90. The third kappa shape index (κ3) is 4.18. The molecule has 2 aromatic rings. The van der Waals surface area contributed by atoms with Crippen LogP contribution in [-0.2, 0) is 4.79 Å². The molecule has 0 aliphatic heterocycles. The highest BCUT2D eigenvalue weighted by Gasteiger charge is 2.31. The van der Waals surface area contributed by atoms with E-state index in [2.05, 4.69) is 38.9 Å². The first-order chi connectivity index (χ1) is 13.1. The lowest BCUT2D eigenvalue weighted by Crippen LogP contribution is -2.44. The number of pyridine rings is 1. The number of amides is 1. The lowest BCUT2D eigenvalue weighted by Gasteiger charge is -2.34. The Morgan fingerprint density at radius 1 is 1.19 bits per heavy atom. The molecule has 2 aliphatic rings. The molecule has 3 atom stereocenters. The molecule has 2 aliphatic carbocycles. The van der Waals surface area contributed by atoms with Gasteiger partial charge in [0.05, 0.1) is 5.75 Å². The summed E-state index contributed by atoms with van der Waals surface area (Å²) in [5.74, 6) is 2.58. The van der Waals surface area contributed by atoms with E-state index in [1.807, 2.05) is 12.1 Å². The summed E-state index contributed by atoms with van der Waals surface area (Å²) in [6.07, 6.45) is 9.40. The maximum atomic E-state index is 12.5. The molecule has 4 rings (SSSR count). The largest absolute Gasteiger partial charge is 0.352 e. The van der Waals surface area contributed by atoms with Crippen molar-refractivity contribution in [1.82, 2.24) is 25.1 Å². The molecule has 2 fully saturated rings. The molecule has 0 unspecified atom stereocenters. The summed E-state index contributed by atoms with van der Waals surface area (Å²) < 4.78 is 2.19. The van der Waals surface area contributed by atoms with E-state index in [9.17, 15) is 4.79 Å². The second-order valence-corrected chi connectivity index (χ2v) is 8.82. The second kappa shape index (κ2) is 8.00. The summed E-state index contributed by atoms with van der Waals surface area (Å²) in [7, 11) is 0. The normalized spacial score (nSPS) is 25.3. The van der Waals surface area contributed by atoms with Gasteiger partial charge in [-0.1, -0.05) is 38.5 Å². The Hall–Kier alpha value is -1.89. The number of nitrogens with one attached hydrogen (secondary N) is 1. The van der Waals surface area contributed by atoms with Crippen molar-refractivity contribution in [1.29, 1.82) is 0 Å². The van der Waals surface area contributed by atoms with Gasteiger partial charge in [-0.2, -0.15) is 0 Å². The number of carbonyl (C=O) groups excluding carboxylic acids is 1. The van der Waals surface area contributed by atoms with Crippen molar-refractivity contribution in [2.24, 2.45) is 11.8 Å². The molecule has 0 spiro atoms. The lowest BCUT2D eigenvalue weighted by molar-refractivity contribution is -0.120. The molecule has 7 heteroatoms. The minimum absolute atomic E-state index is 0.0989. The fourth-order valence-corrected chi connectivity index (χ4v) is 4.72. The summed E-state index contributed by atoms with van der Waals surface area (Å²) >= 11 is 1.49. The fraction of sp³-hybridized carbons (Fsp3) is 0.600. The standard InChI is InChI=1S/C20H27N5OS/c1-13-4-3-5-17(14(13)2)22-18(26)12-27-20-24-23-19(25(20)16-6-7-16)15-8-10-21-11-9-15/h8-11,13-14,16-17H,3-7,12H2,1-2H3,(H,22,26)/t13-,14-,17-/m1/s1. The molecular weight excluding hydrogens is 358 g/mol. The van der Waals surface area contributed by atoms with E-state index >= 15 is 0 Å². The van der Waals surface area contributed by atoms with Gasteiger partial charge in [0.2, 0.25) is 5.91 Å². The lowest BCUT2D eigenvalue weighted by atomic mass is 9.78. The first kappa shape index (κ1) is 18.5. The first-order valence-electron chi connectivity index (χ1n) is 9.91. The Kier molecular flexibility index (Phi) is 5.48. The third-order valence-corrected chi connectivity index (χ3v) is 6.84. The van der Waals surface area contributed by atoms with Crippen molar-refractivity contribution >= 4 is 17.7 Å². The summed E-state index contributed by atoms with van der Waals surface area (Å²) in [5, 5.41) is 12.9. The number of hydrogen-bond donors (Lipinski definition) is 1. The monoisotopic (exact) mass is 385 g/mol. The number of aromatic nitrogens is 4. The summed E-state index contributed by atoms with van der Waals surface area (Å²) in [4.78, 5) is 16.6. The SMILES string of the molecule is C[C@@H]1[C@H](C)CCC[C@H]1NC(=O)CSc1nnc(-c2ccncc2)n1C1CC1. The van der Waals surface area contributed by atoms with Gasteiger partial charge in [0, 0.05) is 30.0 Å². The Balaban J connectivity index is 1.41. The van der Waals surface area contributed by atoms with Crippen LogP contribution in [0.4, 0.5) is 0 Å². The Morgan fingerprint density at radius 3 is 2.70 bits per heavy atom. The van der Waals surface area contributed by atoms with E-state index in [-0.39, 0.29) is 5.91 Å². The maximum Gasteiger partial charge on any atom is 0.230 e. The van der Waals surface area contributed by atoms with E-state index in [1.165, 1.54) is 24.6 Å². The van der Waals surface area contributed by atoms with Crippen LogP contribution in [0.15, 0.2) is 29.7 Å². The van der Waals surface area contributed by atoms with Gasteiger partial charge in [-0.25, -0.2) is 0 Å². The van der Waals surface area contributed by atoms with Gasteiger partial charge in [0.1, 0.15) is 0 Å². The zero-order valence-corrected chi connectivity index (χ0v) is 16.8. The molecule has 27 heavy (non-hydrogen) atoms. The maximum absolute atomic E-state index is 12.5. The van der Waals surface area contributed by atoms with Crippen LogP contribution in [0.25, 0.3) is 11.4 Å². The average Bonchev–Trinajstić information content (AvgIpc) is 3.43. The molecule has 2 aromatic heterocycles. The Morgan fingerprint density at radius 2 is 1.96 bits per heavy atom. The van der Waals surface area contributed by atoms with Gasteiger partial charge in [0.15, 0.2) is 11.0 Å². The molecule has 2 saturated carbocycles. The van der Waals surface area contributed by atoms with Gasteiger partial charge in [-0.3, -0.25) is 14.3 Å². The number of nitrogens with zero attached hydrogens (tertiary/aromatic N) is 4. The molecule has 0 bridgehead atoms. The molecule has 2 heterocycles. The van der Waals surface area contributed by atoms with Gasteiger partial charge < -0.3 is 5.32 Å². The zero-order chi connectivity index (χ0) is 18.8. The van der Waals surface area contributed by atoms with Crippen molar-refractivity contribution < 1.29 is 4.79 Å². The van der Waals surface area contributed by atoms with E-state index < -0.39 is 0 Å². The van der Waals surface area contributed by atoms with Crippen LogP contribution < -0.4 is 5.32 Å². The van der Waals surface area contributed by atoms with Crippen molar-refractivity contribution in [3.63, 3.8) is 0 Å². The zero-order valence-electron chi connectivity index (χ0n) is 16.0. The molecular formula is C20H27N5OS. The van der Waals surface area contributed by atoms with Crippen molar-refractivity contribution in [2.75, 3.05) is 5.75 Å². The minimum Gasteiger partial charge on any atom is -0.352 e. The average molecular weight is 386 g/mol. The molecule has 0 aromatic carbocycles. The van der Waals surface area contributed by atoms with Gasteiger partial charge in [-0.05, 0) is 43.2 Å². The second-order valence-electron chi connectivity index (χ2n) is 7.87. The van der Waals surface area contributed by atoms with Crippen molar-refractivity contribution in [2.45, 2.75) is 63.2 Å². The molecule has 0 radical (unpaired) electrons. The van der Waals surface area contributed by atoms with Crippen molar-refractivity contribution in [3.8, 4) is 11.4 Å². The number of hydrogen-bond acceptors (Lipinski definition) is 5. The van der Waals surface area contributed by atoms with Crippen molar-refractivity contribution in [3.05, 3.63) is 24.5 Å². The van der Waals surface area contributed by atoms with Gasteiger partial charge >= 0.3 is 0 Å². The predicted molar refractivity (Wildman–Crippen MR) is 106 cm³/mol. The molecule has 6 nitrogen and oxygen atoms in total. The van der Waals surface area contributed by atoms with Crippen LogP contribution in [-0.4, -0.2) is 37.5 Å². The van der Waals surface area contributed by atoms with Gasteiger partial charge in [-0.15, -0.1) is 10.2 Å². The topological polar surface area (TPSA) is 72.7 Å². The van der Waals surface area contributed by atoms with Crippen LogP contribution in [0.1, 0.15) is 52.0 Å². The predicted octanol–water partition coefficient (Wildman–Crippen LogP) is 3.71. The summed E-state index contributed by atoms with van der Waals surface area (Å²) in [5.41, 5.74) is 1.02. The summed E-state index contributed by atoms with van der Waals surface area (Å²) in [6.45, 7) is 4.54. The Bertz CT molecular complexity index is 789. The smallest absolute Gasteiger partial charge is 0.230 e. The Labute approximate surface area is 164 Å². The number of carbonyl (C=O) groups is 1. The summed E-state index contributed by atoms with van der Waals surface area (Å²) in [6, 6.07) is 4.66.